The van der Waals surface area contributed by atoms with Gasteiger partial charge in [0.2, 0.25) is 5.78 Å². The Hall–Kier alpha value is -3.19. The second-order valence-electron chi connectivity index (χ2n) is 6.54. The fourth-order valence-corrected chi connectivity index (χ4v) is 3.09. The van der Waals surface area contributed by atoms with E-state index in [0.29, 0.717) is 39.7 Å². The number of hydrogen-bond acceptors (Lipinski definition) is 7. The smallest absolute Gasteiger partial charge is 0.329 e. The molecule has 1 unspecified atom stereocenters. The number of carbonyl (C=O) groups excluding carboxylic acids is 2. The Balaban J connectivity index is 1.99. The third kappa shape index (κ3) is 4.07. The Morgan fingerprint density at radius 2 is 1.67 bits per heavy atom. The minimum Gasteiger partial charge on any atom is -0.496 e. The molecule has 0 N–H and O–H groups in total. The number of allylic oxidation sites excluding steroid dienone is 1. The molecular weight excluding hydrogens is 412 g/mol. The number of benzene rings is 2. The van der Waals surface area contributed by atoms with Crippen LogP contribution >= 0.6 is 11.6 Å². The highest BCUT2D eigenvalue weighted by molar-refractivity contribution is 6.29. The predicted molar refractivity (Wildman–Crippen MR) is 111 cm³/mol. The minimum absolute atomic E-state index is 0.104. The molecule has 0 saturated carbocycles. The van der Waals surface area contributed by atoms with Crippen LogP contribution in [0.15, 0.2) is 30.0 Å². The first kappa shape index (κ1) is 21.5. The number of ketones is 1. The first-order chi connectivity index (χ1) is 14.3. The van der Waals surface area contributed by atoms with Gasteiger partial charge < -0.3 is 23.7 Å². The van der Waals surface area contributed by atoms with Gasteiger partial charge in [-0.05, 0) is 37.6 Å². The molecule has 1 aliphatic heterocycles. The van der Waals surface area contributed by atoms with Gasteiger partial charge in [0.05, 0.1) is 26.9 Å². The summed E-state index contributed by atoms with van der Waals surface area (Å²) in [5, 5.41) is -0.797. The lowest BCUT2D eigenvalue weighted by Crippen LogP contribution is -2.17. The average Bonchev–Trinajstić information content (AvgIpc) is 3.02. The van der Waals surface area contributed by atoms with Crippen LogP contribution in [0, 0.1) is 6.92 Å². The van der Waals surface area contributed by atoms with Crippen molar-refractivity contribution in [3.8, 4) is 28.7 Å². The van der Waals surface area contributed by atoms with E-state index in [0.717, 1.165) is 0 Å². The van der Waals surface area contributed by atoms with Crippen molar-refractivity contribution in [2.24, 2.45) is 0 Å². The summed E-state index contributed by atoms with van der Waals surface area (Å²) in [5.74, 6) is 1.23. The molecule has 0 aliphatic carbocycles. The van der Waals surface area contributed by atoms with E-state index in [2.05, 4.69) is 0 Å². The number of carbonyl (C=O) groups is 2. The van der Waals surface area contributed by atoms with Gasteiger partial charge in [0.15, 0.2) is 17.3 Å². The van der Waals surface area contributed by atoms with Crippen LogP contribution in [0.4, 0.5) is 0 Å². The molecule has 0 amide bonds. The molecule has 1 aliphatic rings. The molecule has 158 valence electrons. The van der Waals surface area contributed by atoms with Crippen molar-refractivity contribution < 1.29 is 33.3 Å². The molecule has 2 aromatic rings. The van der Waals surface area contributed by atoms with Gasteiger partial charge in [-0.1, -0.05) is 0 Å². The highest BCUT2D eigenvalue weighted by Gasteiger charge is 2.31. The molecule has 0 saturated heterocycles. The molecule has 0 spiro atoms. The van der Waals surface area contributed by atoms with E-state index >= 15 is 0 Å². The molecule has 1 heterocycles. The number of alkyl halides is 1. The fourth-order valence-electron chi connectivity index (χ4n) is 3.04. The zero-order chi connectivity index (χ0) is 22.0. The van der Waals surface area contributed by atoms with Gasteiger partial charge in [-0.3, -0.25) is 9.59 Å². The van der Waals surface area contributed by atoms with Crippen molar-refractivity contribution in [2.75, 3.05) is 21.3 Å². The topological polar surface area (TPSA) is 80.3 Å². The number of methoxy groups -OCH3 is 3. The van der Waals surface area contributed by atoms with E-state index in [9.17, 15) is 9.59 Å². The quantitative estimate of drug-likeness (QED) is 0.293. The summed E-state index contributed by atoms with van der Waals surface area (Å²) in [6.45, 7) is 3.25. The lowest BCUT2D eigenvalue weighted by atomic mass is 10.0. The van der Waals surface area contributed by atoms with Crippen LogP contribution in [0.1, 0.15) is 28.4 Å². The van der Waals surface area contributed by atoms with Gasteiger partial charge in [0, 0.05) is 17.7 Å². The van der Waals surface area contributed by atoms with Gasteiger partial charge in [-0.25, -0.2) is 0 Å². The number of halogens is 1. The monoisotopic (exact) mass is 432 g/mol. The first-order valence-electron chi connectivity index (χ1n) is 9.03. The highest BCUT2D eigenvalue weighted by Crippen LogP contribution is 2.40. The molecule has 0 bridgehead atoms. The summed E-state index contributed by atoms with van der Waals surface area (Å²) >= 11 is 5.75. The van der Waals surface area contributed by atoms with Crippen molar-refractivity contribution in [3.05, 3.63) is 46.7 Å². The number of fused-ring (bicyclic) bond motifs is 1. The van der Waals surface area contributed by atoms with Crippen LogP contribution in [-0.4, -0.2) is 38.5 Å². The summed E-state index contributed by atoms with van der Waals surface area (Å²) in [7, 11) is 4.55. The Kier molecular flexibility index (Phi) is 6.22. The van der Waals surface area contributed by atoms with Gasteiger partial charge in [0.25, 0.3) is 0 Å². The van der Waals surface area contributed by atoms with Crippen LogP contribution in [-0.2, 0) is 4.79 Å². The maximum Gasteiger partial charge on any atom is 0.329 e. The second kappa shape index (κ2) is 8.67. The van der Waals surface area contributed by atoms with E-state index in [-0.39, 0.29) is 17.3 Å². The number of rotatable bonds is 6. The average molecular weight is 433 g/mol. The second-order valence-corrected chi connectivity index (χ2v) is 7.19. The van der Waals surface area contributed by atoms with Crippen molar-refractivity contribution in [3.63, 3.8) is 0 Å². The van der Waals surface area contributed by atoms with Crippen molar-refractivity contribution >= 4 is 29.4 Å². The molecule has 0 aromatic heterocycles. The zero-order valence-corrected chi connectivity index (χ0v) is 18.0. The molecular formula is C22H21ClO7. The molecule has 0 fully saturated rings. The predicted octanol–water partition coefficient (Wildman–Crippen LogP) is 4.17. The largest absolute Gasteiger partial charge is 0.496 e. The maximum absolute atomic E-state index is 12.9. The maximum atomic E-state index is 12.9. The van der Waals surface area contributed by atoms with Crippen LogP contribution in [0.5, 0.6) is 28.7 Å². The lowest BCUT2D eigenvalue weighted by molar-refractivity contribution is -0.133. The molecule has 8 heteroatoms. The van der Waals surface area contributed by atoms with Crippen LogP contribution < -0.4 is 23.7 Å². The van der Waals surface area contributed by atoms with Crippen molar-refractivity contribution in [1.82, 2.24) is 0 Å². The molecule has 3 rings (SSSR count). The number of Topliss-reactive ketones (excluding diaryl/α,β-unsaturated/α-hetero) is 1. The van der Waals surface area contributed by atoms with Gasteiger partial charge in [-0.2, -0.15) is 0 Å². The van der Waals surface area contributed by atoms with Crippen LogP contribution in [0.2, 0.25) is 0 Å². The van der Waals surface area contributed by atoms with E-state index < -0.39 is 11.3 Å². The molecule has 7 nitrogen and oxygen atoms in total. The van der Waals surface area contributed by atoms with Gasteiger partial charge in [0.1, 0.15) is 22.6 Å². The minimum atomic E-state index is -0.797. The summed E-state index contributed by atoms with van der Waals surface area (Å²) in [6, 6.07) is 6.43. The van der Waals surface area contributed by atoms with Crippen LogP contribution in [0.25, 0.3) is 6.08 Å². The summed E-state index contributed by atoms with van der Waals surface area (Å²) in [4.78, 5) is 24.7. The van der Waals surface area contributed by atoms with E-state index in [1.807, 2.05) is 0 Å². The Morgan fingerprint density at radius 3 is 2.27 bits per heavy atom. The molecule has 30 heavy (non-hydrogen) atoms. The number of ether oxygens (including phenoxy) is 5. The van der Waals surface area contributed by atoms with Crippen LogP contribution in [0.3, 0.4) is 0 Å². The number of esters is 1. The van der Waals surface area contributed by atoms with E-state index in [1.54, 1.807) is 31.2 Å². The summed E-state index contributed by atoms with van der Waals surface area (Å²) in [6.07, 6.45) is 1.56. The normalized spacial score (nSPS) is 14.7. The summed E-state index contributed by atoms with van der Waals surface area (Å²) in [5.41, 5.74) is 1.59. The highest BCUT2D eigenvalue weighted by atomic mass is 35.5. The SMILES string of the molecule is COc1cc(OC)c(OC)cc1/C=C1\Oc2cc(OC(=O)C(C)Cl)cc(C)c2C1=O. The molecule has 2 aromatic carbocycles. The van der Waals surface area contributed by atoms with E-state index in [4.69, 9.17) is 35.3 Å². The Bertz CT molecular complexity index is 1040. The fraction of sp³-hybridized carbons (Fsp3) is 0.273. The zero-order valence-electron chi connectivity index (χ0n) is 17.2. The van der Waals surface area contributed by atoms with Crippen molar-refractivity contribution in [2.45, 2.75) is 19.2 Å². The standard InChI is InChI=1S/C22H21ClO7/c1-11-6-14(29-22(25)12(2)23)9-18-20(11)21(24)19(30-18)8-13-7-16(27-4)17(28-5)10-15(13)26-3/h6-10,12H,1-5H3/b19-8-. The Labute approximate surface area is 179 Å². The van der Waals surface area contributed by atoms with Gasteiger partial charge in [-0.15, -0.1) is 11.6 Å². The third-order valence-electron chi connectivity index (χ3n) is 4.51. The first-order valence-corrected chi connectivity index (χ1v) is 9.47. The lowest BCUT2D eigenvalue weighted by Gasteiger charge is -2.12. The number of hydrogen-bond donors (Lipinski definition) is 0. The molecule has 1 atom stereocenters. The van der Waals surface area contributed by atoms with Gasteiger partial charge >= 0.3 is 5.97 Å². The van der Waals surface area contributed by atoms with Crippen molar-refractivity contribution in [1.29, 1.82) is 0 Å². The molecule has 0 radical (unpaired) electrons. The summed E-state index contributed by atoms with van der Waals surface area (Å²) < 4.78 is 27.0. The van der Waals surface area contributed by atoms with E-state index in [1.165, 1.54) is 34.3 Å². The third-order valence-corrected chi connectivity index (χ3v) is 4.69. The Morgan fingerprint density at radius 1 is 1.03 bits per heavy atom. The number of aryl methyl sites for hydroxylation is 1.